The molecule has 0 saturated carbocycles. The molecule has 6 heteroatoms. The molecule has 0 saturated heterocycles. The third-order valence-corrected chi connectivity index (χ3v) is 4.77. The summed E-state index contributed by atoms with van der Waals surface area (Å²) >= 11 is 0. The average molecular weight is 411 g/mol. The van der Waals surface area contributed by atoms with Crippen LogP contribution in [0.2, 0.25) is 0 Å². The van der Waals surface area contributed by atoms with Gasteiger partial charge in [0.05, 0.1) is 10.9 Å². The van der Waals surface area contributed by atoms with Crippen LogP contribution in [-0.4, -0.2) is 25.0 Å². The molecule has 0 radical (unpaired) electrons. The highest BCUT2D eigenvalue weighted by Gasteiger charge is 2.15. The first-order valence-corrected chi connectivity index (χ1v) is 9.77. The van der Waals surface area contributed by atoms with Crippen LogP contribution in [0.4, 0.5) is 5.69 Å². The number of nitrogens with zero attached hydrogens (tertiary/aromatic N) is 2. The lowest BCUT2D eigenvalue weighted by Gasteiger charge is -2.13. The van der Waals surface area contributed by atoms with Crippen LogP contribution in [0.15, 0.2) is 88.1 Å². The number of aromatic nitrogens is 1. The molecule has 4 aromatic rings. The van der Waals surface area contributed by atoms with Crippen molar-refractivity contribution in [1.29, 1.82) is 0 Å². The first-order valence-electron chi connectivity index (χ1n) is 9.77. The summed E-state index contributed by atoms with van der Waals surface area (Å²) in [6, 6.07) is 23.5. The molecule has 0 aliphatic rings. The molecule has 0 atom stereocenters. The summed E-state index contributed by atoms with van der Waals surface area (Å²) in [5.41, 5.74) is 2.64. The number of carbonyl (C=O) groups is 1. The molecule has 154 valence electrons. The molecule has 0 unspecified atom stereocenters. The number of carbonyl (C=O) groups excluding carboxylic acids is 1. The summed E-state index contributed by atoms with van der Waals surface area (Å²) in [6.07, 6.45) is 1.74. The van der Waals surface area contributed by atoms with Crippen LogP contribution >= 0.6 is 0 Å². The maximum absolute atomic E-state index is 12.8. The van der Waals surface area contributed by atoms with Crippen LogP contribution in [0.25, 0.3) is 22.7 Å². The molecule has 3 aromatic carbocycles. The molecular formula is C25H21N3O3. The average Bonchev–Trinajstić information content (AvgIpc) is 2.79. The van der Waals surface area contributed by atoms with E-state index in [9.17, 15) is 9.59 Å². The van der Waals surface area contributed by atoms with Gasteiger partial charge in [0, 0.05) is 25.3 Å². The molecule has 0 spiro atoms. The predicted molar refractivity (Wildman–Crippen MR) is 123 cm³/mol. The summed E-state index contributed by atoms with van der Waals surface area (Å²) in [5, 5.41) is 3.23. The fourth-order valence-corrected chi connectivity index (χ4v) is 3.10. The van der Waals surface area contributed by atoms with Gasteiger partial charge in [0.1, 0.15) is 5.70 Å². The fraction of sp³-hybridized carbons (Fsp3) is 0.0800. The Bertz CT molecular complexity index is 1310. The van der Waals surface area contributed by atoms with Crippen molar-refractivity contribution in [2.24, 2.45) is 0 Å². The molecule has 1 aromatic heterocycles. The quantitative estimate of drug-likeness (QED) is 0.533. The Labute approximate surface area is 179 Å². The van der Waals surface area contributed by atoms with E-state index >= 15 is 0 Å². The summed E-state index contributed by atoms with van der Waals surface area (Å²) in [4.78, 5) is 31.7. The number of hydrogen-bond acceptors (Lipinski definition) is 5. The van der Waals surface area contributed by atoms with E-state index in [1.807, 2.05) is 49.3 Å². The minimum Gasteiger partial charge on any atom is -0.401 e. The molecule has 6 nitrogen and oxygen atoms in total. The smallest absolute Gasteiger partial charge is 0.347 e. The Kier molecular flexibility index (Phi) is 5.62. The van der Waals surface area contributed by atoms with Crippen molar-refractivity contribution >= 4 is 34.3 Å². The molecular weight excluding hydrogens is 390 g/mol. The van der Waals surface area contributed by atoms with Crippen LogP contribution in [0, 0.1) is 0 Å². The molecule has 0 bridgehead atoms. The second-order valence-electron chi connectivity index (χ2n) is 7.19. The molecule has 0 aliphatic heterocycles. The fourth-order valence-electron chi connectivity index (χ4n) is 3.10. The van der Waals surface area contributed by atoms with Gasteiger partial charge < -0.3 is 14.6 Å². The van der Waals surface area contributed by atoms with Gasteiger partial charge in [-0.2, -0.15) is 0 Å². The highest BCUT2D eigenvalue weighted by molar-refractivity contribution is 6.01. The predicted octanol–water partition coefficient (Wildman–Crippen LogP) is 4.18. The van der Waals surface area contributed by atoms with E-state index in [2.05, 4.69) is 10.3 Å². The van der Waals surface area contributed by atoms with Crippen LogP contribution in [0.1, 0.15) is 21.8 Å². The van der Waals surface area contributed by atoms with Gasteiger partial charge >= 0.3 is 5.63 Å². The van der Waals surface area contributed by atoms with Gasteiger partial charge in [0.15, 0.2) is 0 Å². The van der Waals surface area contributed by atoms with Crippen LogP contribution in [0.5, 0.6) is 0 Å². The zero-order chi connectivity index (χ0) is 21.8. The summed E-state index contributed by atoms with van der Waals surface area (Å²) in [5.74, 6) is -0.279. The Morgan fingerprint density at radius 3 is 2.32 bits per heavy atom. The van der Waals surface area contributed by atoms with E-state index in [4.69, 9.17) is 4.42 Å². The van der Waals surface area contributed by atoms with E-state index < -0.39 is 5.63 Å². The van der Waals surface area contributed by atoms with Crippen LogP contribution < -0.4 is 15.8 Å². The van der Waals surface area contributed by atoms with Crippen molar-refractivity contribution in [2.75, 3.05) is 19.0 Å². The van der Waals surface area contributed by atoms with Gasteiger partial charge in [-0.1, -0.05) is 42.5 Å². The van der Waals surface area contributed by atoms with Crippen molar-refractivity contribution in [3.63, 3.8) is 0 Å². The van der Waals surface area contributed by atoms with Crippen molar-refractivity contribution in [3.8, 4) is 0 Å². The van der Waals surface area contributed by atoms with E-state index in [0.29, 0.717) is 22.2 Å². The molecule has 1 heterocycles. The molecule has 0 fully saturated rings. The van der Waals surface area contributed by atoms with Crippen molar-refractivity contribution in [3.05, 3.63) is 106 Å². The zero-order valence-electron chi connectivity index (χ0n) is 17.2. The van der Waals surface area contributed by atoms with Crippen molar-refractivity contribution < 1.29 is 9.21 Å². The molecule has 1 amide bonds. The SMILES string of the molecule is CN(C)c1ccc(/C=C(/NC(=O)c2ccccc2)c2nc3ccccc3c(=O)o2)cc1. The summed E-state index contributed by atoms with van der Waals surface area (Å²) in [6.45, 7) is 0. The molecule has 1 N–H and O–H groups in total. The highest BCUT2D eigenvalue weighted by Crippen LogP contribution is 2.19. The maximum Gasteiger partial charge on any atom is 0.347 e. The lowest BCUT2D eigenvalue weighted by molar-refractivity contribution is 0.0973. The summed E-state index contributed by atoms with van der Waals surface area (Å²) in [7, 11) is 3.92. The van der Waals surface area contributed by atoms with Gasteiger partial charge in [-0.25, -0.2) is 9.78 Å². The first kappa shape index (κ1) is 20.1. The number of fused-ring (bicyclic) bond motifs is 1. The number of benzene rings is 3. The molecule has 0 aliphatic carbocycles. The van der Waals surface area contributed by atoms with E-state index in [1.165, 1.54) is 0 Å². The number of anilines is 1. The van der Waals surface area contributed by atoms with Gasteiger partial charge in [0.25, 0.3) is 5.91 Å². The Balaban J connectivity index is 1.79. The van der Waals surface area contributed by atoms with Crippen molar-refractivity contribution in [1.82, 2.24) is 10.3 Å². The van der Waals surface area contributed by atoms with Gasteiger partial charge in [-0.05, 0) is 48.0 Å². The Morgan fingerprint density at radius 2 is 1.61 bits per heavy atom. The second-order valence-corrected chi connectivity index (χ2v) is 7.19. The first-order chi connectivity index (χ1) is 15.0. The van der Waals surface area contributed by atoms with Crippen LogP contribution in [0.3, 0.4) is 0 Å². The third kappa shape index (κ3) is 4.53. The Hall–Kier alpha value is -4.19. The van der Waals surface area contributed by atoms with Gasteiger partial charge in [-0.3, -0.25) is 4.79 Å². The lowest BCUT2D eigenvalue weighted by atomic mass is 10.1. The largest absolute Gasteiger partial charge is 0.401 e. The van der Waals surface area contributed by atoms with Crippen LogP contribution in [-0.2, 0) is 0 Å². The minimum absolute atomic E-state index is 0.0460. The van der Waals surface area contributed by atoms with Crippen molar-refractivity contribution in [2.45, 2.75) is 0 Å². The maximum atomic E-state index is 12.8. The number of nitrogens with one attached hydrogen (secondary N) is 1. The summed E-state index contributed by atoms with van der Waals surface area (Å²) < 4.78 is 5.47. The zero-order valence-corrected chi connectivity index (χ0v) is 17.2. The normalized spacial score (nSPS) is 11.4. The lowest BCUT2D eigenvalue weighted by Crippen LogP contribution is -2.23. The number of rotatable bonds is 5. The number of amides is 1. The van der Waals surface area contributed by atoms with E-state index in [1.54, 1.807) is 54.6 Å². The monoisotopic (exact) mass is 411 g/mol. The second kappa shape index (κ2) is 8.67. The standard InChI is InChI=1S/C25H21N3O3/c1-28(2)19-14-12-17(13-15-19)16-22(26-23(29)18-8-4-3-5-9-18)24-27-21-11-7-6-10-20(21)25(30)31-24/h3-16H,1-2H3,(H,26,29)/b22-16+. The number of para-hydroxylation sites is 1. The highest BCUT2D eigenvalue weighted by atomic mass is 16.4. The third-order valence-electron chi connectivity index (χ3n) is 4.77. The molecule has 31 heavy (non-hydrogen) atoms. The number of hydrogen-bond donors (Lipinski definition) is 1. The van der Waals surface area contributed by atoms with Gasteiger partial charge in [0.2, 0.25) is 5.89 Å². The topological polar surface area (TPSA) is 75.4 Å². The Morgan fingerprint density at radius 1 is 0.935 bits per heavy atom. The minimum atomic E-state index is -0.511. The molecule has 4 rings (SSSR count). The van der Waals surface area contributed by atoms with Gasteiger partial charge in [-0.15, -0.1) is 0 Å². The van der Waals surface area contributed by atoms with E-state index in [-0.39, 0.29) is 11.8 Å². The van der Waals surface area contributed by atoms with E-state index in [0.717, 1.165) is 11.3 Å².